The predicted octanol–water partition coefficient (Wildman–Crippen LogP) is 4.40. The van der Waals surface area contributed by atoms with Gasteiger partial charge < -0.3 is 0 Å². The third-order valence-electron chi connectivity index (χ3n) is 7.05. The van der Waals surface area contributed by atoms with Crippen molar-refractivity contribution in [1.29, 1.82) is 0 Å². The summed E-state index contributed by atoms with van der Waals surface area (Å²) in [6.45, 7) is 2.42. The van der Waals surface area contributed by atoms with Crippen molar-refractivity contribution in [3.63, 3.8) is 0 Å². The van der Waals surface area contributed by atoms with E-state index in [1.807, 2.05) is 22.6 Å². The Balaban J connectivity index is 1.38. The molecular formula is C18H22F6I2N2O4. The van der Waals surface area contributed by atoms with Crippen LogP contribution in [0.2, 0.25) is 0 Å². The third kappa shape index (κ3) is 3.91. The quantitative estimate of drug-likeness (QED) is 0.0780. The molecule has 2 aliphatic heterocycles. The Labute approximate surface area is 201 Å². The van der Waals surface area contributed by atoms with Crippen molar-refractivity contribution >= 4 is 54.9 Å². The molecule has 2 heterocycles. The van der Waals surface area contributed by atoms with Gasteiger partial charge in [0, 0.05) is 6.92 Å². The Morgan fingerprint density at radius 2 is 1.53 bits per heavy atom. The Bertz CT molecular complexity index is 800. The smallest absolute Gasteiger partial charge is 0.166 e. The summed E-state index contributed by atoms with van der Waals surface area (Å²) >= 11 is 0.685. The summed E-state index contributed by atoms with van der Waals surface area (Å²) in [7, 11) is 0. The summed E-state index contributed by atoms with van der Waals surface area (Å²) in [5, 5.41) is 0. The summed E-state index contributed by atoms with van der Waals surface area (Å²) in [5.41, 5.74) is -4.51. The number of hydrogen-bond acceptors (Lipinski definition) is 6. The number of halogens is 8. The van der Waals surface area contributed by atoms with Crippen molar-refractivity contribution in [2.75, 3.05) is 6.61 Å². The SMILES string of the molecule is CC(=O)OC(CC1CC2CC1CC2COC(=O)C(C)(I)C12NI1N2)(C(F)(F)F)C(F)(F)F. The second kappa shape index (κ2) is 7.70. The van der Waals surface area contributed by atoms with E-state index in [4.69, 9.17) is 4.74 Å². The second-order valence-electron chi connectivity index (χ2n) is 9.10. The van der Waals surface area contributed by atoms with Crippen LogP contribution in [-0.4, -0.2) is 43.6 Å². The van der Waals surface area contributed by atoms with Gasteiger partial charge >= 0.3 is 164 Å². The Kier molecular flexibility index (Phi) is 6.02. The van der Waals surface area contributed by atoms with Crippen LogP contribution in [0.1, 0.15) is 39.5 Å². The van der Waals surface area contributed by atoms with E-state index in [2.05, 4.69) is 11.8 Å². The number of fused-ring (bicyclic) bond motifs is 3. The molecule has 14 heteroatoms. The molecule has 0 amide bonds. The van der Waals surface area contributed by atoms with Crippen LogP contribution in [0.15, 0.2) is 0 Å². The van der Waals surface area contributed by atoms with Crippen LogP contribution < -0.4 is 7.06 Å². The van der Waals surface area contributed by atoms with Gasteiger partial charge in [0.05, 0.1) is 0 Å². The zero-order valence-corrected chi connectivity index (χ0v) is 21.3. The summed E-state index contributed by atoms with van der Waals surface area (Å²) in [4.78, 5) is 23.7. The molecule has 4 aliphatic rings. The fourth-order valence-corrected chi connectivity index (χ4v) is 13.0. The zero-order chi connectivity index (χ0) is 23.9. The fraction of sp³-hybridized carbons (Fsp3) is 0.889. The molecule has 6 nitrogen and oxygen atoms in total. The van der Waals surface area contributed by atoms with E-state index in [-0.39, 0.29) is 40.4 Å². The molecule has 0 aromatic carbocycles. The van der Waals surface area contributed by atoms with Gasteiger partial charge in [-0.1, -0.05) is 0 Å². The standard InChI is InChI=1S/C18H22F6I2N2O4/c1-8(29)32-15(16(19,20)21,17(22,23)24)6-11-4-10-3-9(11)5-12(10)7-31-13(30)14(2,25)18-26(27-18)28-18/h9-12,27-28H,3-7H2,1-2H3. The number of nitrogens with one attached hydrogen (secondary N) is 2. The van der Waals surface area contributed by atoms with Crippen molar-refractivity contribution in [1.82, 2.24) is 7.06 Å². The van der Waals surface area contributed by atoms with E-state index in [0.29, 0.717) is 19.8 Å². The molecule has 2 aliphatic carbocycles. The van der Waals surface area contributed by atoms with E-state index < -0.39 is 60.1 Å². The number of ether oxygens (including phenoxy) is 2. The average molecular weight is 698 g/mol. The molecule has 184 valence electrons. The van der Waals surface area contributed by atoms with Crippen LogP contribution in [0.25, 0.3) is 0 Å². The molecule has 0 radical (unpaired) electrons. The number of alkyl halides is 8. The molecule has 4 rings (SSSR count). The molecule has 5 unspecified atom stereocenters. The number of hydrogen-bond donors (Lipinski definition) is 2. The maximum absolute atomic E-state index is 13.6. The van der Waals surface area contributed by atoms with Crippen LogP contribution in [0.3, 0.4) is 0 Å². The Morgan fingerprint density at radius 3 is 1.94 bits per heavy atom. The van der Waals surface area contributed by atoms with Crippen molar-refractivity contribution in [2.24, 2.45) is 23.7 Å². The van der Waals surface area contributed by atoms with Gasteiger partial charge in [-0.3, -0.25) is 4.79 Å². The van der Waals surface area contributed by atoms with Crippen LogP contribution in [0.4, 0.5) is 26.3 Å². The van der Waals surface area contributed by atoms with E-state index in [1.54, 1.807) is 6.92 Å². The molecule has 4 fully saturated rings. The van der Waals surface area contributed by atoms with Gasteiger partial charge in [0.2, 0.25) is 0 Å². The monoisotopic (exact) mass is 698 g/mol. The summed E-state index contributed by atoms with van der Waals surface area (Å²) in [6.07, 6.45) is -11.9. The van der Waals surface area contributed by atoms with E-state index >= 15 is 0 Å². The van der Waals surface area contributed by atoms with Crippen molar-refractivity contribution in [3.05, 3.63) is 0 Å². The predicted molar refractivity (Wildman–Crippen MR) is 115 cm³/mol. The van der Waals surface area contributed by atoms with E-state index in [1.165, 1.54) is 0 Å². The van der Waals surface area contributed by atoms with Gasteiger partial charge in [-0.15, -0.1) is 0 Å². The summed E-state index contributed by atoms with van der Waals surface area (Å²) in [6, 6.07) is 0. The minimum Gasteiger partial charge on any atom is -0.166 e. The molecule has 32 heavy (non-hydrogen) atoms. The first-order valence-corrected chi connectivity index (χ1v) is 14.3. The molecule has 5 atom stereocenters. The molecule has 2 N–H and O–H groups in total. The third-order valence-corrected chi connectivity index (χ3v) is 14.2. The topological polar surface area (TPSA) is 96.5 Å². The normalized spacial score (nSPS) is 33.3. The number of carbonyl (C=O) groups excluding carboxylic acids is 2. The first-order valence-electron chi connectivity index (χ1n) is 9.99. The first-order chi connectivity index (χ1) is 14.5. The van der Waals surface area contributed by atoms with Crippen molar-refractivity contribution in [3.8, 4) is 0 Å². The Hall–Kier alpha value is -0.100. The first kappa shape index (κ1) is 25.0. The second-order valence-corrected chi connectivity index (χ2v) is 15.6. The molecule has 0 aromatic rings. The van der Waals surface area contributed by atoms with Gasteiger partial charge in [-0.25, -0.2) is 0 Å². The van der Waals surface area contributed by atoms with Crippen LogP contribution >= 0.6 is 43.0 Å². The molecule has 2 saturated carbocycles. The molecule has 2 saturated heterocycles. The molecule has 0 spiro atoms. The van der Waals surface area contributed by atoms with Gasteiger partial charge in [-0.05, 0) is 0 Å². The van der Waals surface area contributed by atoms with Crippen LogP contribution in [-0.2, 0) is 19.1 Å². The van der Waals surface area contributed by atoms with Gasteiger partial charge in [0.25, 0.3) is 0 Å². The van der Waals surface area contributed by atoms with E-state index in [0.717, 1.165) is 0 Å². The minimum absolute atomic E-state index is 0.0984. The van der Waals surface area contributed by atoms with Crippen LogP contribution in [0.5, 0.6) is 0 Å². The fourth-order valence-electron chi connectivity index (χ4n) is 5.17. The summed E-state index contributed by atoms with van der Waals surface area (Å²) < 4.78 is 96.4. The molecular weight excluding hydrogens is 676 g/mol. The van der Waals surface area contributed by atoms with Gasteiger partial charge in [0.1, 0.15) is 0 Å². The Morgan fingerprint density at radius 1 is 1.03 bits per heavy atom. The zero-order valence-electron chi connectivity index (χ0n) is 17.0. The maximum atomic E-state index is 13.6. The molecule has 2 bridgehead atoms. The average Bonchev–Trinajstić information content (AvgIpc) is 3.42. The van der Waals surface area contributed by atoms with E-state index in [9.17, 15) is 35.9 Å². The summed E-state index contributed by atoms with van der Waals surface area (Å²) in [5.74, 6) is -3.50. The number of carbonyl (C=O) groups is 2. The molecule has 0 aromatic heterocycles. The number of rotatable bonds is 7. The van der Waals surface area contributed by atoms with Gasteiger partial charge in [0.15, 0.2) is 0 Å². The van der Waals surface area contributed by atoms with Crippen molar-refractivity contribution in [2.45, 2.75) is 64.6 Å². The van der Waals surface area contributed by atoms with Gasteiger partial charge in [-0.2, -0.15) is 26.3 Å². The van der Waals surface area contributed by atoms with Crippen LogP contribution in [0, 0.1) is 23.7 Å². The van der Waals surface area contributed by atoms with Crippen molar-refractivity contribution < 1.29 is 45.4 Å². The number of esters is 2. The minimum atomic E-state index is -5.78.